The fourth-order valence-corrected chi connectivity index (χ4v) is 2.96. The number of rotatable bonds is 3. The van der Waals surface area contributed by atoms with Crippen LogP contribution in [0.3, 0.4) is 0 Å². The van der Waals surface area contributed by atoms with E-state index >= 15 is 0 Å². The minimum atomic E-state index is 0.169. The molecule has 0 saturated carbocycles. The van der Waals surface area contributed by atoms with Crippen molar-refractivity contribution in [3.05, 3.63) is 36.2 Å². The monoisotopic (exact) mass is 298 g/mol. The van der Waals surface area contributed by atoms with Crippen LogP contribution in [0.15, 0.2) is 30.5 Å². The largest absolute Gasteiger partial charge is 0.399 e. The number of anilines is 1. The van der Waals surface area contributed by atoms with E-state index in [1.807, 2.05) is 46.9 Å². The van der Waals surface area contributed by atoms with Crippen molar-refractivity contribution in [1.82, 2.24) is 14.5 Å². The molecule has 2 N–H and O–H groups in total. The van der Waals surface area contributed by atoms with Crippen LogP contribution in [0.4, 0.5) is 5.69 Å². The summed E-state index contributed by atoms with van der Waals surface area (Å²) in [6, 6.07) is 7.62. The summed E-state index contributed by atoms with van der Waals surface area (Å²) in [5.41, 5.74) is 8.41. The number of nitrogens with zero attached hydrogens (tertiary/aromatic N) is 3. The van der Waals surface area contributed by atoms with Gasteiger partial charge in [-0.3, -0.25) is 4.79 Å². The maximum absolute atomic E-state index is 12.5. The third-order valence-electron chi connectivity index (χ3n) is 4.06. The van der Waals surface area contributed by atoms with E-state index in [0.717, 1.165) is 43.0 Å². The van der Waals surface area contributed by atoms with Crippen LogP contribution in [-0.2, 0) is 11.3 Å². The number of piperidine rings is 1. The molecule has 0 unspecified atom stereocenters. The molecular weight excluding hydrogens is 276 g/mol. The third kappa shape index (κ3) is 3.13. The van der Waals surface area contributed by atoms with Gasteiger partial charge in [0.2, 0.25) is 5.91 Å². The molecule has 0 bridgehead atoms. The first-order chi connectivity index (χ1) is 10.6. The molecular formula is C17H22N4O. The van der Waals surface area contributed by atoms with E-state index in [1.165, 1.54) is 6.42 Å². The number of amides is 1. The molecule has 1 amide bonds. The van der Waals surface area contributed by atoms with Crippen molar-refractivity contribution < 1.29 is 4.79 Å². The number of imidazole rings is 1. The average Bonchev–Trinajstić information content (AvgIpc) is 2.89. The highest BCUT2D eigenvalue weighted by Gasteiger charge is 2.18. The molecule has 1 fully saturated rings. The van der Waals surface area contributed by atoms with E-state index in [0.29, 0.717) is 12.2 Å². The van der Waals surface area contributed by atoms with Crippen molar-refractivity contribution in [2.24, 2.45) is 0 Å². The number of hydrogen-bond acceptors (Lipinski definition) is 3. The van der Waals surface area contributed by atoms with Gasteiger partial charge in [0.15, 0.2) is 0 Å². The van der Waals surface area contributed by atoms with Gasteiger partial charge in [0, 0.05) is 30.5 Å². The highest BCUT2D eigenvalue weighted by molar-refractivity contribution is 5.77. The zero-order valence-electron chi connectivity index (χ0n) is 13.0. The predicted octanol–water partition coefficient (Wildman–Crippen LogP) is 2.45. The number of hydrogen-bond donors (Lipinski definition) is 1. The first-order valence-corrected chi connectivity index (χ1v) is 7.81. The van der Waals surface area contributed by atoms with Crippen LogP contribution in [0.25, 0.3) is 11.4 Å². The molecule has 1 aromatic heterocycles. The van der Waals surface area contributed by atoms with Gasteiger partial charge in [0.05, 0.1) is 5.69 Å². The summed E-state index contributed by atoms with van der Waals surface area (Å²) in [7, 11) is 0. The number of likely N-dealkylation sites (tertiary alicyclic amines) is 1. The Morgan fingerprint density at radius 3 is 2.77 bits per heavy atom. The molecule has 1 aliphatic rings. The van der Waals surface area contributed by atoms with E-state index in [9.17, 15) is 4.79 Å². The Kier molecular flexibility index (Phi) is 4.13. The Labute approximate surface area is 130 Å². The summed E-state index contributed by atoms with van der Waals surface area (Å²) in [4.78, 5) is 19.0. The molecule has 2 aromatic rings. The lowest BCUT2D eigenvalue weighted by molar-refractivity contribution is -0.132. The molecule has 2 heterocycles. The standard InChI is InChI=1S/C17H22N4O/c1-13-11-21(12-16(22)20-8-3-2-4-9-20)17(19-13)14-6-5-7-15(18)10-14/h5-7,10-11H,2-4,8-9,12,18H2,1H3. The summed E-state index contributed by atoms with van der Waals surface area (Å²) in [5.74, 6) is 0.970. The highest BCUT2D eigenvalue weighted by atomic mass is 16.2. The van der Waals surface area contributed by atoms with E-state index in [2.05, 4.69) is 4.98 Å². The smallest absolute Gasteiger partial charge is 0.242 e. The van der Waals surface area contributed by atoms with Crippen LogP contribution < -0.4 is 5.73 Å². The number of aryl methyl sites for hydroxylation is 1. The lowest BCUT2D eigenvalue weighted by Gasteiger charge is -2.27. The molecule has 1 saturated heterocycles. The second-order valence-corrected chi connectivity index (χ2v) is 5.90. The summed E-state index contributed by atoms with van der Waals surface area (Å²) in [6.07, 6.45) is 5.37. The zero-order valence-corrected chi connectivity index (χ0v) is 13.0. The van der Waals surface area contributed by atoms with Crippen LogP contribution in [0, 0.1) is 6.92 Å². The summed E-state index contributed by atoms with van der Waals surface area (Å²) >= 11 is 0. The van der Waals surface area contributed by atoms with Crippen molar-refractivity contribution in [3.63, 3.8) is 0 Å². The average molecular weight is 298 g/mol. The van der Waals surface area contributed by atoms with E-state index < -0.39 is 0 Å². The summed E-state index contributed by atoms with van der Waals surface area (Å²) in [6.45, 7) is 4.03. The number of carbonyl (C=O) groups is 1. The van der Waals surface area contributed by atoms with Gasteiger partial charge >= 0.3 is 0 Å². The van der Waals surface area contributed by atoms with Crippen molar-refractivity contribution >= 4 is 11.6 Å². The molecule has 0 atom stereocenters. The predicted molar refractivity (Wildman–Crippen MR) is 87.2 cm³/mol. The van der Waals surface area contributed by atoms with Gasteiger partial charge < -0.3 is 15.2 Å². The Bertz CT molecular complexity index is 671. The van der Waals surface area contributed by atoms with Gasteiger partial charge in [0.25, 0.3) is 0 Å². The second kappa shape index (κ2) is 6.22. The van der Waals surface area contributed by atoms with Gasteiger partial charge in [-0.15, -0.1) is 0 Å². The Hall–Kier alpha value is -2.30. The summed E-state index contributed by atoms with van der Waals surface area (Å²) < 4.78 is 1.93. The lowest BCUT2D eigenvalue weighted by Crippen LogP contribution is -2.37. The summed E-state index contributed by atoms with van der Waals surface area (Å²) in [5, 5.41) is 0. The SMILES string of the molecule is Cc1cn(CC(=O)N2CCCCC2)c(-c2cccc(N)c2)n1. The van der Waals surface area contributed by atoms with Crippen molar-refractivity contribution in [2.75, 3.05) is 18.8 Å². The Morgan fingerprint density at radius 2 is 2.05 bits per heavy atom. The minimum Gasteiger partial charge on any atom is -0.399 e. The quantitative estimate of drug-likeness (QED) is 0.885. The van der Waals surface area contributed by atoms with Gasteiger partial charge in [-0.05, 0) is 38.3 Å². The molecule has 5 nitrogen and oxygen atoms in total. The van der Waals surface area contributed by atoms with Crippen molar-refractivity contribution in [1.29, 1.82) is 0 Å². The number of carbonyl (C=O) groups excluding carboxylic acids is 1. The normalized spacial score (nSPS) is 15.0. The third-order valence-corrected chi connectivity index (χ3v) is 4.06. The zero-order chi connectivity index (χ0) is 15.5. The van der Waals surface area contributed by atoms with Crippen LogP contribution in [0.5, 0.6) is 0 Å². The maximum Gasteiger partial charge on any atom is 0.242 e. The van der Waals surface area contributed by atoms with Gasteiger partial charge in [-0.1, -0.05) is 12.1 Å². The van der Waals surface area contributed by atoms with Crippen LogP contribution in [0.1, 0.15) is 25.0 Å². The first-order valence-electron chi connectivity index (χ1n) is 7.81. The van der Waals surface area contributed by atoms with Crippen molar-refractivity contribution in [2.45, 2.75) is 32.7 Å². The minimum absolute atomic E-state index is 0.169. The van der Waals surface area contributed by atoms with Crippen molar-refractivity contribution in [3.8, 4) is 11.4 Å². The molecule has 0 radical (unpaired) electrons. The lowest BCUT2D eigenvalue weighted by atomic mass is 10.1. The molecule has 0 spiro atoms. The molecule has 3 rings (SSSR count). The van der Waals surface area contributed by atoms with E-state index in [4.69, 9.17) is 5.73 Å². The molecule has 116 valence electrons. The van der Waals surface area contributed by atoms with E-state index in [1.54, 1.807) is 0 Å². The fraction of sp³-hybridized carbons (Fsp3) is 0.412. The topological polar surface area (TPSA) is 64.2 Å². The molecule has 5 heteroatoms. The molecule has 1 aromatic carbocycles. The van der Waals surface area contributed by atoms with Crippen LogP contribution in [-0.4, -0.2) is 33.4 Å². The number of nitrogen functional groups attached to an aromatic ring is 1. The number of aromatic nitrogens is 2. The van der Waals surface area contributed by atoms with Gasteiger partial charge in [-0.2, -0.15) is 0 Å². The molecule has 1 aliphatic heterocycles. The highest BCUT2D eigenvalue weighted by Crippen LogP contribution is 2.21. The Morgan fingerprint density at radius 1 is 1.27 bits per heavy atom. The molecule has 0 aliphatic carbocycles. The van der Waals surface area contributed by atoms with Gasteiger partial charge in [-0.25, -0.2) is 4.98 Å². The number of nitrogens with two attached hydrogens (primary N) is 1. The second-order valence-electron chi connectivity index (χ2n) is 5.90. The van der Waals surface area contributed by atoms with Crippen LogP contribution in [0.2, 0.25) is 0 Å². The first kappa shape index (κ1) is 14.6. The van der Waals surface area contributed by atoms with Crippen LogP contribution >= 0.6 is 0 Å². The number of benzene rings is 1. The van der Waals surface area contributed by atoms with Gasteiger partial charge in [0.1, 0.15) is 12.4 Å². The van der Waals surface area contributed by atoms with E-state index in [-0.39, 0.29) is 5.91 Å². The fourth-order valence-electron chi connectivity index (χ4n) is 2.96. The maximum atomic E-state index is 12.5. The Balaban J connectivity index is 1.83. The molecule has 22 heavy (non-hydrogen) atoms.